The summed E-state index contributed by atoms with van der Waals surface area (Å²) in [5, 5.41) is 12.7. The zero-order valence-electron chi connectivity index (χ0n) is 10.5. The van der Waals surface area contributed by atoms with Crippen molar-refractivity contribution in [1.82, 2.24) is 9.78 Å². The van der Waals surface area contributed by atoms with Gasteiger partial charge in [0.15, 0.2) is 0 Å². The molecule has 0 aliphatic carbocycles. The molecule has 0 unspecified atom stereocenters. The Morgan fingerprint density at radius 2 is 2.15 bits per heavy atom. The zero-order chi connectivity index (χ0) is 14.7. The van der Waals surface area contributed by atoms with Crippen LogP contribution in [0.25, 0.3) is 11.3 Å². The summed E-state index contributed by atoms with van der Waals surface area (Å²) in [7, 11) is 1.38. The number of carbonyl (C=O) groups is 1. The Balaban J connectivity index is 2.53. The minimum atomic E-state index is -1.18. The van der Waals surface area contributed by atoms with Crippen LogP contribution in [0.5, 0.6) is 5.75 Å². The van der Waals surface area contributed by atoms with Crippen LogP contribution >= 0.6 is 0 Å². The van der Waals surface area contributed by atoms with Crippen LogP contribution in [0.2, 0.25) is 0 Å². The SMILES string of the molecule is COc1cc(F)ccc1-c1ccc(=O)n(CC(=O)O)n1. The molecule has 0 saturated carbocycles. The fourth-order valence-corrected chi connectivity index (χ4v) is 1.71. The van der Waals surface area contributed by atoms with E-state index in [0.29, 0.717) is 11.3 Å². The second-order valence-corrected chi connectivity index (χ2v) is 3.95. The molecule has 0 amide bonds. The van der Waals surface area contributed by atoms with Gasteiger partial charge < -0.3 is 9.84 Å². The first-order valence-corrected chi connectivity index (χ1v) is 5.65. The average molecular weight is 278 g/mol. The first-order valence-electron chi connectivity index (χ1n) is 5.65. The molecule has 1 N–H and O–H groups in total. The van der Waals surface area contributed by atoms with Crippen molar-refractivity contribution >= 4 is 5.97 Å². The Morgan fingerprint density at radius 3 is 2.80 bits per heavy atom. The van der Waals surface area contributed by atoms with Gasteiger partial charge in [0.25, 0.3) is 5.56 Å². The second-order valence-electron chi connectivity index (χ2n) is 3.95. The number of ether oxygens (including phenoxy) is 1. The molecule has 0 saturated heterocycles. The van der Waals surface area contributed by atoms with E-state index in [4.69, 9.17) is 9.84 Å². The van der Waals surface area contributed by atoms with Gasteiger partial charge in [-0.2, -0.15) is 5.10 Å². The number of methoxy groups -OCH3 is 1. The summed E-state index contributed by atoms with van der Waals surface area (Å²) in [6, 6.07) is 6.49. The minimum Gasteiger partial charge on any atom is -0.496 e. The molecular formula is C13H11FN2O4. The van der Waals surface area contributed by atoms with Crippen LogP contribution in [0.15, 0.2) is 35.1 Å². The molecule has 0 bridgehead atoms. The van der Waals surface area contributed by atoms with Crippen LogP contribution in [0.1, 0.15) is 0 Å². The molecule has 2 aromatic rings. The van der Waals surface area contributed by atoms with Crippen LogP contribution in [-0.4, -0.2) is 28.0 Å². The van der Waals surface area contributed by atoms with Crippen molar-refractivity contribution in [3.8, 4) is 17.0 Å². The molecule has 0 aliphatic heterocycles. The molecule has 0 aliphatic rings. The Hall–Kier alpha value is -2.70. The highest BCUT2D eigenvalue weighted by atomic mass is 19.1. The van der Waals surface area contributed by atoms with E-state index in [1.165, 1.54) is 37.4 Å². The minimum absolute atomic E-state index is 0.248. The van der Waals surface area contributed by atoms with E-state index in [2.05, 4.69) is 5.10 Å². The summed E-state index contributed by atoms with van der Waals surface area (Å²) in [5.41, 5.74) is 0.257. The Labute approximate surface area is 113 Å². The van der Waals surface area contributed by atoms with Gasteiger partial charge in [0.1, 0.15) is 18.1 Å². The number of benzene rings is 1. The summed E-state index contributed by atoms with van der Waals surface area (Å²) in [5.74, 6) is -1.40. The second kappa shape index (κ2) is 5.52. The van der Waals surface area contributed by atoms with Crippen LogP contribution in [0.3, 0.4) is 0 Å². The van der Waals surface area contributed by atoms with Crippen molar-refractivity contribution in [2.24, 2.45) is 0 Å². The van der Waals surface area contributed by atoms with Gasteiger partial charge in [-0.15, -0.1) is 0 Å². The third-order valence-corrected chi connectivity index (χ3v) is 2.59. The van der Waals surface area contributed by atoms with Gasteiger partial charge >= 0.3 is 5.97 Å². The lowest BCUT2D eigenvalue weighted by Crippen LogP contribution is -2.26. The molecule has 6 nitrogen and oxygen atoms in total. The lowest BCUT2D eigenvalue weighted by Gasteiger charge is -2.09. The van der Waals surface area contributed by atoms with Crippen LogP contribution in [0, 0.1) is 5.82 Å². The number of carboxylic acids is 1. The van der Waals surface area contributed by atoms with Crippen molar-refractivity contribution in [3.05, 3.63) is 46.5 Å². The van der Waals surface area contributed by atoms with Crippen LogP contribution in [0.4, 0.5) is 4.39 Å². The maximum Gasteiger partial charge on any atom is 0.325 e. The third-order valence-electron chi connectivity index (χ3n) is 2.59. The standard InChI is InChI=1S/C13H11FN2O4/c1-20-11-6-8(14)2-3-9(11)10-4-5-12(17)16(15-10)7-13(18)19/h2-6H,7H2,1H3,(H,18,19). The first kappa shape index (κ1) is 13.7. The predicted molar refractivity (Wildman–Crippen MR) is 68.1 cm³/mol. The van der Waals surface area contributed by atoms with Gasteiger partial charge in [-0.1, -0.05) is 0 Å². The third kappa shape index (κ3) is 2.82. The fourth-order valence-electron chi connectivity index (χ4n) is 1.71. The lowest BCUT2D eigenvalue weighted by atomic mass is 10.1. The number of nitrogens with zero attached hydrogens (tertiary/aromatic N) is 2. The molecule has 104 valence electrons. The van der Waals surface area contributed by atoms with Gasteiger partial charge in [-0.25, -0.2) is 9.07 Å². The van der Waals surface area contributed by atoms with E-state index in [1.54, 1.807) is 0 Å². The molecule has 1 aromatic carbocycles. The normalized spacial score (nSPS) is 10.3. The number of aromatic nitrogens is 2. The molecule has 0 spiro atoms. The van der Waals surface area contributed by atoms with E-state index in [0.717, 1.165) is 4.68 Å². The quantitative estimate of drug-likeness (QED) is 0.907. The summed E-state index contributed by atoms with van der Waals surface area (Å²) in [4.78, 5) is 22.2. The fraction of sp³-hybridized carbons (Fsp3) is 0.154. The van der Waals surface area contributed by atoms with Gasteiger partial charge in [-0.3, -0.25) is 9.59 Å². The van der Waals surface area contributed by atoms with E-state index < -0.39 is 23.9 Å². The summed E-state index contributed by atoms with van der Waals surface area (Å²) < 4.78 is 19.0. The highest BCUT2D eigenvalue weighted by molar-refractivity contribution is 5.68. The van der Waals surface area contributed by atoms with Crippen molar-refractivity contribution < 1.29 is 19.0 Å². The molecule has 0 radical (unpaired) electrons. The van der Waals surface area contributed by atoms with Crippen LogP contribution in [-0.2, 0) is 11.3 Å². The molecule has 1 heterocycles. The van der Waals surface area contributed by atoms with Crippen molar-refractivity contribution in [2.45, 2.75) is 6.54 Å². The van der Waals surface area contributed by atoms with Crippen LogP contribution < -0.4 is 10.3 Å². The molecule has 2 rings (SSSR count). The number of carboxylic acid groups (broad SMARTS) is 1. The monoisotopic (exact) mass is 278 g/mol. The van der Waals surface area contributed by atoms with Gasteiger partial charge in [0.05, 0.1) is 12.8 Å². The smallest absolute Gasteiger partial charge is 0.325 e. The highest BCUT2D eigenvalue weighted by Crippen LogP contribution is 2.28. The van der Waals surface area contributed by atoms with Crippen molar-refractivity contribution in [3.63, 3.8) is 0 Å². The Kier molecular flexibility index (Phi) is 3.79. The number of hydrogen-bond acceptors (Lipinski definition) is 4. The molecule has 1 aromatic heterocycles. The number of halogens is 1. The number of hydrogen-bond donors (Lipinski definition) is 1. The topological polar surface area (TPSA) is 81.4 Å². The number of rotatable bonds is 4. The Morgan fingerprint density at radius 1 is 1.40 bits per heavy atom. The molecule has 7 heteroatoms. The van der Waals surface area contributed by atoms with E-state index in [1.807, 2.05) is 0 Å². The molecular weight excluding hydrogens is 267 g/mol. The van der Waals surface area contributed by atoms with Gasteiger partial charge in [-0.05, 0) is 18.2 Å². The first-order chi connectivity index (χ1) is 9.51. The van der Waals surface area contributed by atoms with E-state index in [-0.39, 0.29) is 5.75 Å². The molecule has 20 heavy (non-hydrogen) atoms. The summed E-state index contributed by atoms with van der Waals surface area (Å²) in [6.45, 7) is -0.545. The molecule has 0 fully saturated rings. The summed E-state index contributed by atoms with van der Waals surface area (Å²) in [6.07, 6.45) is 0. The van der Waals surface area contributed by atoms with E-state index in [9.17, 15) is 14.0 Å². The maximum atomic E-state index is 13.1. The lowest BCUT2D eigenvalue weighted by molar-refractivity contribution is -0.138. The van der Waals surface area contributed by atoms with E-state index >= 15 is 0 Å². The highest BCUT2D eigenvalue weighted by Gasteiger charge is 2.11. The number of aliphatic carboxylic acids is 1. The Bertz CT molecular complexity index is 712. The largest absolute Gasteiger partial charge is 0.496 e. The van der Waals surface area contributed by atoms with Gasteiger partial charge in [0.2, 0.25) is 0 Å². The summed E-state index contributed by atoms with van der Waals surface area (Å²) >= 11 is 0. The maximum absolute atomic E-state index is 13.1. The van der Waals surface area contributed by atoms with Crippen molar-refractivity contribution in [2.75, 3.05) is 7.11 Å². The zero-order valence-corrected chi connectivity index (χ0v) is 10.5. The average Bonchev–Trinajstić information content (AvgIpc) is 2.41. The predicted octanol–water partition coefficient (Wildman–Crippen LogP) is 1.14. The van der Waals surface area contributed by atoms with Gasteiger partial charge in [0, 0.05) is 17.7 Å². The van der Waals surface area contributed by atoms with Crippen molar-refractivity contribution in [1.29, 1.82) is 0 Å². The molecule has 0 atom stereocenters.